The lowest BCUT2D eigenvalue weighted by molar-refractivity contribution is -0.117. The first kappa shape index (κ1) is 32.0. The van der Waals surface area contributed by atoms with Crippen LogP contribution in [0.25, 0.3) is 0 Å². The molecule has 0 heterocycles. The van der Waals surface area contributed by atoms with Crippen molar-refractivity contribution in [2.75, 3.05) is 20.1 Å². The van der Waals surface area contributed by atoms with Crippen molar-refractivity contribution in [1.29, 1.82) is 0 Å². The van der Waals surface area contributed by atoms with E-state index in [1.165, 1.54) is 29.7 Å². The Morgan fingerprint density at radius 1 is 0.953 bits per heavy atom. The van der Waals surface area contributed by atoms with E-state index in [1.54, 1.807) is 11.9 Å². The molecule has 4 fully saturated rings. The van der Waals surface area contributed by atoms with Gasteiger partial charge in [-0.15, -0.1) is 0 Å². The quantitative estimate of drug-likeness (QED) is 0.177. The van der Waals surface area contributed by atoms with E-state index in [2.05, 4.69) is 19.0 Å². The van der Waals surface area contributed by atoms with E-state index in [0.717, 1.165) is 57.1 Å². The van der Waals surface area contributed by atoms with Gasteiger partial charge in [-0.2, -0.15) is 0 Å². The maximum Gasteiger partial charge on any atom is 0.436 e. The Morgan fingerprint density at radius 3 is 2.37 bits per heavy atom. The summed E-state index contributed by atoms with van der Waals surface area (Å²) in [7, 11) is 1.71. The van der Waals surface area contributed by atoms with Crippen molar-refractivity contribution in [3.63, 3.8) is 0 Å². The van der Waals surface area contributed by atoms with Gasteiger partial charge in [0.05, 0.1) is 5.71 Å². The molecule has 5 aliphatic carbocycles. The predicted octanol–water partition coefficient (Wildman–Crippen LogP) is 7.76. The van der Waals surface area contributed by atoms with E-state index in [-0.39, 0.29) is 16.9 Å². The molecule has 4 saturated carbocycles. The summed E-state index contributed by atoms with van der Waals surface area (Å²) in [5.41, 5.74) is 2.11. The Kier molecular flexibility index (Phi) is 9.08. The van der Waals surface area contributed by atoms with Gasteiger partial charge in [-0.05, 0) is 120 Å². The normalized spacial score (nSPS) is 34.5. The maximum absolute atomic E-state index is 13.4. The molecule has 6 atom stereocenters. The number of carbonyl (C=O) groups excluding carboxylic acids is 3. The standard InChI is InChI=1S/C35H55N3O5/c1-23(36-43-32(41)38(25-10-8-9-11-25)21-20-37(7)31(40)42-33(2,3)4)28-14-15-29-27-13-12-24-22-26(39)16-18-34(24,5)30(27)17-19-35(28,29)6/h22,25,27-30H,8-21H2,1-7H3/b36-23+/t27-,28+,29-,30-,34-,35+/m0/s1. The first-order chi connectivity index (χ1) is 20.2. The van der Waals surface area contributed by atoms with Crippen molar-refractivity contribution >= 4 is 23.7 Å². The van der Waals surface area contributed by atoms with Gasteiger partial charge >= 0.3 is 12.2 Å². The van der Waals surface area contributed by atoms with Crippen molar-refractivity contribution < 1.29 is 24.0 Å². The van der Waals surface area contributed by atoms with Gasteiger partial charge in [-0.3, -0.25) is 9.63 Å². The first-order valence-corrected chi connectivity index (χ1v) is 16.9. The molecular formula is C35H55N3O5. The van der Waals surface area contributed by atoms with Crippen molar-refractivity contribution in [3.05, 3.63) is 11.6 Å². The Balaban J connectivity index is 1.23. The van der Waals surface area contributed by atoms with Crippen LogP contribution in [-0.2, 0) is 14.4 Å². The Labute approximate surface area is 259 Å². The van der Waals surface area contributed by atoms with Gasteiger partial charge in [0, 0.05) is 38.5 Å². The molecule has 8 heteroatoms. The lowest BCUT2D eigenvalue weighted by atomic mass is 9.46. The topological polar surface area (TPSA) is 88.5 Å². The monoisotopic (exact) mass is 597 g/mol. The second-order valence-electron chi connectivity index (χ2n) is 15.8. The number of fused-ring (bicyclic) bond motifs is 5. The SMILES string of the molecule is C/C(=N\OC(=O)N(CCN(C)C(=O)OC(C)(C)C)C1CCCC1)[C@H]1CC[C@H]2[C@@H]3CCC4=CC(=O)CC[C@]4(C)[C@H]3CC[C@]12C. The van der Waals surface area contributed by atoms with Crippen LogP contribution < -0.4 is 0 Å². The summed E-state index contributed by atoms with van der Waals surface area (Å²) in [4.78, 5) is 47.1. The number of likely N-dealkylation sites (N-methyl/N-ethyl adjacent to an activating group) is 1. The molecule has 0 bridgehead atoms. The Morgan fingerprint density at radius 2 is 1.67 bits per heavy atom. The fourth-order valence-electron chi connectivity index (χ4n) is 9.80. The molecule has 5 aliphatic rings. The van der Waals surface area contributed by atoms with E-state index in [4.69, 9.17) is 9.57 Å². The molecule has 43 heavy (non-hydrogen) atoms. The number of carbonyl (C=O) groups is 3. The van der Waals surface area contributed by atoms with Crippen LogP contribution in [0.15, 0.2) is 16.8 Å². The van der Waals surface area contributed by atoms with E-state index < -0.39 is 17.8 Å². The third kappa shape index (κ3) is 6.40. The average Bonchev–Trinajstić information content (AvgIpc) is 3.59. The molecule has 5 rings (SSSR count). The number of rotatable bonds is 6. The summed E-state index contributed by atoms with van der Waals surface area (Å²) in [5.74, 6) is 2.62. The third-order valence-corrected chi connectivity index (χ3v) is 12.1. The molecule has 0 aliphatic heterocycles. The van der Waals surface area contributed by atoms with Crippen LogP contribution in [0, 0.1) is 34.5 Å². The zero-order valence-electron chi connectivity index (χ0n) is 27.7. The van der Waals surface area contributed by atoms with Gasteiger partial charge in [-0.1, -0.05) is 37.4 Å². The minimum absolute atomic E-state index is 0.111. The van der Waals surface area contributed by atoms with Crippen LogP contribution in [0.5, 0.6) is 0 Å². The van der Waals surface area contributed by atoms with Crippen LogP contribution in [0.4, 0.5) is 9.59 Å². The average molecular weight is 598 g/mol. The minimum atomic E-state index is -0.567. The minimum Gasteiger partial charge on any atom is -0.444 e. The second-order valence-corrected chi connectivity index (χ2v) is 15.8. The van der Waals surface area contributed by atoms with E-state index >= 15 is 0 Å². The molecule has 0 unspecified atom stereocenters. The number of allylic oxidation sites excluding steroid dienone is 1. The summed E-state index contributed by atoms with van der Waals surface area (Å²) < 4.78 is 5.49. The highest BCUT2D eigenvalue weighted by atomic mass is 16.7. The smallest absolute Gasteiger partial charge is 0.436 e. The number of amides is 2. The van der Waals surface area contributed by atoms with Gasteiger partial charge in [0.2, 0.25) is 0 Å². The molecule has 0 spiro atoms. The van der Waals surface area contributed by atoms with Crippen LogP contribution in [0.2, 0.25) is 0 Å². The lowest BCUT2D eigenvalue weighted by Gasteiger charge is -2.58. The number of ketones is 1. The van der Waals surface area contributed by atoms with Gasteiger partial charge in [0.15, 0.2) is 5.78 Å². The van der Waals surface area contributed by atoms with Gasteiger partial charge in [-0.25, -0.2) is 9.59 Å². The summed E-state index contributed by atoms with van der Waals surface area (Å²) in [6, 6.07) is 0.111. The number of ether oxygens (including phenoxy) is 1. The van der Waals surface area contributed by atoms with Crippen molar-refractivity contribution in [3.8, 4) is 0 Å². The fraction of sp³-hybridized carbons (Fsp3) is 0.829. The molecule has 2 amide bonds. The molecule has 0 saturated heterocycles. The van der Waals surface area contributed by atoms with Crippen LogP contribution in [-0.4, -0.2) is 65.3 Å². The highest BCUT2D eigenvalue weighted by Gasteiger charge is 2.59. The Bertz CT molecular complexity index is 1150. The summed E-state index contributed by atoms with van der Waals surface area (Å²) >= 11 is 0. The van der Waals surface area contributed by atoms with Crippen molar-refractivity contribution in [2.45, 2.75) is 130 Å². The first-order valence-electron chi connectivity index (χ1n) is 16.9. The second kappa shape index (κ2) is 12.2. The van der Waals surface area contributed by atoms with Crippen LogP contribution in [0.1, 0.15) is 119 Å². The summed E-state index contributed by atoms with van der Waals surface area (Å²) in [5, 5.41) is 4.51. The number of oxime groups is 1. The number of hydrogen-bond donors (Lipinski definition) is 0. The zero-order valence-corrected chi connectivity index (χ0v) is 27.7. The van der Waals surface area contributed by atoms with Crippen LogP contribution >= 0.6 is 0 Å². The maximum atomic E-state index is 13.4. The number of hydrogen-bond acceptors (Lipinski definition) is 6. The highest BCUT2D eigenvalue weighted by molar-refractivity contribution is 5.91. The van der Waals surface area contributed by atoms with Gasteiger partial charge in [0.1, 0.15) is 5.60 Å². The van der Waals surface area contributed by atoms with Gasteiger partial charge in [0.25, 0.3) is 0 Å². The lowest BCUT2D eigenvalue weighted by Crippen LogP contribution is -2.51. The zero-order chi connectivity index (χ0) is 31.2. The fourth-order valence-corrected chi connectivity index (χ4v) is 9.80. The molecule has 0 aromatic rings. The largest absolute Gasteiger partial charge is 0.444 e. The predicted molar refractivity (Wildman–Crippen MR) is 168 cm³/mol. The van der Waals surface area contributed by atoms with E-state index in [0.29, 0.717) is 49.0 Å². The van der Waals surface area contributed by atoms with Gasteiger partial charge < -0.3 is 14.5 Å². The van der Waals surface area contributed by atoms with E-state index in [1.807, 2.05) is 33.8 Å². The van der Waals surface area contributed by atoms with Crippen LogP contribution in [0.3, 0.4) is 0 Å². The molecule has 0 aromatic heterocycles. The van der Waals surface area contributed by atoms with Crippen molar-refractivity contribution in [1.82, 2.24) is 9.80 Å². The van der Waals surface area contributed by atoms with Crippen molar-refractivity contribution in [2.24, 2.45) is 39.7 Å². The molecule has 240 valence electrons. The Hall–Kier alpha value is -2.38. The molecule has 0 N–H and O–H groups in total. The summed E-state index contributed by atoms with van der Waals surface area (Å²) in [6.45, 7) is 13.3. The molecule has 8 nitrogen and oxygen atoms in total. The molecule has 0 aromatic carbocycles. The molecular weight excluding hydrogens is 542 g/mol. The third-order valence-electron chi connectivity index (χ3n) is 12.1. The highest BCUT2D eigenvalue weighted by Crippen LogP contribution is 2.66. The van der Waals surface area contributed by atoms with E-state index in [9.17, 15) is 14.4 Å². The molecule has 0 radical (unpaired) electrons. The number of nitrogens with zero attached hydrogens (tertiary/aromatic N) is 3. The summed E-state index contributed by atoms with van der Waals surface area (Å²) in [6.07, 6.45) is 13.8.